The number of aromatic nitrogens is 1. The van der Waals surface area contributed by atoms with Crippen LogP contribution in [0.4, 0.5) is 0 Å². The van der Waals surface area contributed by atoms with Crippen molar-refractivity contribution >= 4 is 29.9 Å². The van der Waals surface area contributed by atoms with Crippen molar-refractivity contribution < 1.29 is 4.74 Å². The predicted molar refractivity (Wildman–Crippen MR) is 121 cm³/mol. The number of rotatable bonds is 5. The molecule has 0 amide bonds. The molecule has 1 fully saturated rings. The van der Waals surface area contributed by atoms with E-state index in [4.69, 9.17) is 4.74 Å². The molecule has 0 aliphatic carbocycles. The SMILES string of the molecule is CN=C(NCc1ccnc(OCc2ccccc2)c1)N1CCC(C)(C)C1.I. The van der Waals surface area contributed by atoms with Crippen molar-refractivity contribution in [2.75, 3.05) is 20.1 Å². The molecule has 0 atom stereocenters. The first-order chi connectivity index (χ1) is 12.6. The van der Waals surface area contributed by atoms with Gasteiger partial charge in [-0.15, -0.1) is 24.0 Å². The smallest absolute Gasteiger partial charge is 0.213 e. The maximum absolute atomic E-state index is 5.81. The molecule has 1 saturated heterocycles. The number of benzene rings is 1. The quantitative estimate of drug-likeness (QED) is 0.398. The van der Waals surface area contributed by atoms with Crippen LogP contribution in [0.3, 0.4) is 0 Å². The summed E-state index contributed by atoms with van der Waals surface area (Å²) in [6.07, 6.45) is 2.99. The van der Waals surface area contributed by atoms with Crippen LogP contribution < -0.4 is 10.1 Å². The van der Waals surface area contributed by atoms with E-state index in [0.717, 1.165) is 30.2 Å². The van der Waals surface area contributed by atoms with E-state index in [-0.39, 0.29) is 24.0 Å². The van der Waals surface area contributed by atoms with Crippen LogP contribution in [0.25, 0.3) is 0 Å². The number of halogens is 1. The van der Waals surface area contributed by atoms with Gasteiger partial charge in [0.15, 0.2) is 5.96 Å². The molecule has 5 nitrogen and oxygen atoms in total. The number of pyridine rings is 1. The van der Waals surface area contributed by atoms with Gasteiger partial charge in [-0.25, -0.2) is 4.98 Å². The zero-order valence-electron chi connectivity index (χ0n) is 16.3. The minimum Gasteiger partial charge on any atom is -0.473 e. The molecule has 1 aliphatic heterocycles. The Balaban J connectivity index is 0.00000261. The lowest BCUT2D eigenvalue weighted by Crippen LogP contribution is -2.40. The van der Waals surface area contributed by atoms with Crippen LogP contribution in [-0.2, 0) is 13.2 Å². The van der Waals surface area contributed by atoms with E-state index < -0.39 is 0 Å². The molecule has 1 aliphatic rings. The molecule has 2 heterocycles. The van der Waals surface area contributed by atoms with Gasteiger partial charge in [-0.2, -0.15) is 0 Å². The molecule has 2 aromatic rings. The Bertz CT molecular complexity index is 749. The summed E-state index contributed by atoms with van der Waals surface area (Å²) in [7, 11) is 1.84. The minimum atomic E-state index is 0. The minimum absolute atomic E-state index is 0. The van der Waals surface area contributed by atoms with E-state index in [0.29, 0.717) is 24.4 Å². The lowest BCUT2D eigenvalue weighted by atomic mass is 9.93. The fourth-order valence-electron chi connectivity index (χ4n) is 3.18. The summed E-state index contributed by atoms with van der Waals surface area (Å²) in [4.78, 5) is 11.1. The van der Waals surface area contributed by atoms with Crippen LogP contribution >= 0.6 is 24.0 Å². The Hall–Kier alpha value is -1.83. The number of nitrogens with zero attached hydrogens (tertiary/aromatic N) is 3. The molecule has 0 unspecified atom stereocenters. The largest absolute Gasteiger partial charge is 0.473 e. The van der Waals surface area contributed by atoms with E-state index in [2.05, 4.69) is 34.0 Å². The maximum atomic E-state index is 5.81. The first-order valence-electron chi connectivity index (χ1n) is 9.13. The topological polar surface area (TPSA) is 49.8 Å². The molecule has 0 bridgehead atoms. The average molecular weight is 480 g/mol. The third-order valence-electron chi connectivity index (χ3n) is 4.67. The molecule has 1 aromatic heterocycles. The second-order valence-electron chi connectivity index (χ2n) is 7.51. The molecule has 0 spiro atoms. The number of hydrogen-bond donors (Lipinski definition) is 1. The molecular formula is C21H29IN4O. The molecular weight excluding hydrogens is 451 g/mol. The van der Waals surface area contributed by atoms with Gasteiger partial charge in [-0.05, 0) is 29.0 Å². The van der Waals surface area contributed by atoms with E-state index in [1.54, 1.807) is 6.20 Å². The summed E-state index contributed by atoms with van der Waals surface area (Å²) >= 11 is 0. The van der Waals surface area contributed by atoms with Crippen molar-refractivity contribution in [1.29, 1.82) is 0 Å². The van der Waals surface area contributed by atoms with Crippen LogP contribution in [-0.4, -0.2) is 36.0 Å². The highest BCUT2D eigenvalue weighted by Gasteiger charge is 2.30. The fraction of sp³-hybridized carbons (Fsp3) is 0.429. The van der Waals surface area contributed by atoms with Crippen molar-refractivity contribution in [2.45, 2.75) is 33.4 Å². The highest BCUT2D eigenvalue weighted by molar-refractivity contribution is 14.0. The van der Waals surface area contributed by atoms with E-state index in [1.165, 1.54) is 6.42 Å². The van der Waals surface area contributed by atoms with Gasteiger partial charge >= 0.3 is 0 Å². The number of nitrogens with one attached hydrogen (secondary N) is 1. The highest BCUT2D eigenvalue weighted by Crippen LogP contribution is 2.28. The van der Waals surface area contributed by atoms with Gasteiger partial charge in [0.25, 0.3) is 0 Å². The van der Waals surface area contributed by atoms with Crippen LogP contribution in [0, 0.1) is 5.41 Å². The summed E-state index contributed by atoms with van der Waals surface area (Å²) in [5.41, 5.74) is 2.62. The Labute approximate surface area is 179 Å². The van der Waals surface area contributed by atoms with E-state index in [9.17, 15) is 0 Å². The molecule has 0 saturated carbocycles. The van der Waals surface area contributed by atoms with Crippen molar-refractivity contribution in [3.63, 3.8) is 0 Å². The van der Waals surface area contributed by atoms with E-state index >= 15 is 0 Å². The molecule has 27 heavy (non-hydrogen) atoms. The Morgan fingerprint density at radius 3 is 2.67 bits per heavy atom. The van der Waals surface area contributed by atoms with Gasteiger partial charge in [-0.1, -0.05) is 44.2 Å². The average Bonchev–Trinajstić information content (AvgIpc) is 3.01. The Morgan fingerprint density at radius 2 is 2.00 bits per heavy atom. The first-order valence-corrected chi connectivity index (χ1v) is 9.13. The first kappa shape index (κ1) is 21.5. The summed E-state index contributed by atoms with van der Waals surface area (Å²) in [6.45, 7) is 7.92. The third kappa shape index (κ3) is 6.37. The summed E-state index contributed by atoms with van der Waals surface area (Å²) in [5, 5.41) is 3.46. The molecule has 0 radical (unpaired) electrons. The number of likely N-dealkylation sites (tertiary alicyclic amines) is 1. The van der Waals surface area contributed by atoms with Gasteiger partial charge in [0, 0.05) is 38.9 Å². The van der Waals surface area contributed by atoms with E-state index in [1.807, 2.05) is 49.5 Å². The number of aliphatic imine (C=N–C) groups is 1. The van der Waals surface area contributed by atoms with Gasteiger partial charge in [0.2, 0.25) is 5.88 Å². The lowest BCUT2D eigenvalue weighted by molar-refractivity contribution is 0.293. The third-order valence-corrected chi connectivity index (χ3v) is 4.67. The fourth-order valence-corrected chi connectivity index (χ4v) is 3.18. The second-order valence-corrected chi connectivity index (χ2v) is 7.51. The van der Waals surface area contributed by atoms with Crippen LogP contribution in [0.2, 0.25) is 0 Å². The summed E-state index contributed by atoms with van der Waals surface area (Å²) < 4.78 is 5.81. The van der Waals surface area contributed by atoms with Crippen LogP contribution in [0.5, 0.6) is 5.88 Å². The standard InChI is InChI=1S/C21H28N4O.HI/c1-21(2)10-12-25(16-21)20(22-3)24-14-18-9-11-23-19(13-18)26-15-17-7-5-4-6-8-17;/h4-9,11,13H,10,12,14-16H2,1-3H3,(H,22,24);1H. The molecule has 3 rings (SSSR count). The Morgan fingerprint density at radius 1 is 1.22 bits per heavy atom. The molecule has 6 heteroatoms. The normalized spacial score (nSPS) is 16.0. The van der Waals surface area contributed by atoms with Crippen molar-refractivity contribution in [1.82, 2.24) is 15.2 Å². The van der Waals surface area contributed by atoms with Crippen molar-refractivity contribution in [3.8, 4) is 5.88 Å². The zero-order valence-corrected chi connectivity index (χ0v) is 18.6. The predicted octanol–water partition coefficient (Wildman–Crippen LogP) is 4.09. The number of ether oxygens (including phenoxy) is 1. The zero-order chi connectivity index (χ0) is 18.4. The van der Waals surface area contributed by atoms with Crippen LogP contribution in [0.1, 0.15) is 31.4 Å². The summed E-state index contributed by atoms with van der Waals surface area (Å²) in [6, 6.07) is 14.1. The molecule has 1 N–H and O–H groups in total. The highest BCUT2D eigenvalue weighted by atomic mass is 127. The monoisotopic (exact) mass is 480 g/mol. The Kier molecular flexibility index (Phi) is 7.89. The van der Waals surface area contributed by atoms with Crippen LogP contribution in [0.15, 0.2) is 53.7 Å². The lowest BCUT2D eigenvalue weighted by Gasteiger charge is -2.23. The molecule has 146 valence electrons. The van der Waals surface area contributed by atoms with Crippen molar-refractivity contribution in [3.05, 3.63) is 59.8 Å². The van der Waals surface area contributed by atoms with Crippen molar-refractivity contribution in [2.24, 2.45) is 10.4 Å². The van der Waals surface area contributed by atoms with Gasteiger partial charge < -0.3 is 15.0 Å². The number of hydrogen-bond acceptors (Lipinski definition) is 3. The molecule has 1 aromatic carbocycles. The van der Waals surface area contributed by atoms with Gasteiger partial charge in [0.05, 0.1) is 0 Å². The van der Waals surface area contributed by atoms with Gasteiger partial charge in [0.1, 0.15) is 6.61 Å². The second kappa shape index (κ2) is 9.92. The maximum Gasteiger partial charge on any atom is 0.213 e. The van der Waals surface area contributed by atoms with Gasteiger partial charge in [-0.3, -0.25) is 4.99 Å². The summed E-state index contributed by atoms with van der Waals surface area (Å²) in [5.74, 6) is 1.60. The number of guanidine groups is 1.